The van der Waals surface area contributed by atoms with Crippen LogP contribution in [0.2, 0.25) is 0 Å². The van der Waals surface area contributed by atoms with Gasteiger partial charge in [-0.1, -0.05) is 40.7 Å². The summed E-state index contributed by atoms with van der Waals surface area (Å²) in [5.41, 5.74) is 0.629. The van der Waals surface area contributed by atoms with Gasteiger partial charge in [-0.15, -0.1) is 0 Å². The molecule has 0 aromatic heterocycles. The van der Waals surface area contributed by atoms with Gasteiger partial charge in [0.05, 0.1) is 13.2 Å². The van der Waals surface area contributed by atoms with Crippen molar-refractivity contribution in [2.24, 2.45) is 5.92 Å². The minimum Gasteiger partial charge on any atom is -0.499 e. The van der Waals surface area contributed by atoms with Crippen LogP contribution in [0.25, 0.3) is 0 Å². The van der Waals surface area contributed by atoms with Crippen molar-refractivity contribution in [1.82, 2.24) is 10.2 Å². The van der Waals surface area contributed by atoms with Crippen molar-refractivity contribution in [2.45, 2.75) is 65.5 Å². The van der Waals surface area contributed by atoms with Crippen LogP contribution in [0.15, 0.2) is 24.1 Å². The Morgan fingerprint density at radius 3 is 2.52 bits per heavy atom. The molecule has 0 unspecified atom stereocenters. The monoisotopic (exact) mass is 322 g/mol. The van der Waals surface area contributed by atoms with Gasteiger partial charge in [0.1, 0.15) is 11.8 Å². The second-order valence-electron chi connectivity index (χ2n) is 6.36. The second-order valence-corrected chi connectivity index (χ2v) is 6.36. The Balaban J connectivity index is 3.00. The van der Waals surface area contributed by atoms with Gasteiger partial charge >= 0.3 is 0 Å². The van der Waals surface area contributed by atoms with Crippen molar-refractivity contribution >= 4 is 11.8 Å². The molecule has 0 aromatic rings. The topological polar surface area (TPSA) is 58.6 Å². The summed E-state index contributed by atoms with van der Waals surface area (Å²) < 4.78 is 5.41. The van der Waals surface area contributed by atoms with E-state index in [4.69, 9.17) is 4.74 Å². The SMILES string of the molecule is C=C1C=C(OC)[C@H](CCC)N1C(=O)[C@H](CC(C)C)NC(=O)CC. The zero-order valence-electron chi connectivity index (χ0n) is 15.0. The molecule has 23 heavy (non-hydrogen) atoms. The van der Waals surface area contributed by atoms with Gasteiger partial charge in [0.2, 0.25) is 11.8 Å². The molecule has 1 N–H and O–H groups in total. The molecule has 1 heterocycles. The summed E-state index contributed by atoms with van der Waals surface area (Å²) in [6.45, 7) is 11.9. The minimum absolute atomic E-state index is 0.104. The van der Waals surface area contributed by atoms with Crippen LogP contribution >= 0.6 is 0 Å². The highest BCUT2D eigenvalue weighted by molar-refractivity contribution is 5.89. The molecule has 5 heteroatoms. The molecule has 130 valence electrons. The van der Waals surface area contributed by atoms with Crippen LogP contribution in [0, 0.1) is 5.92 Å². The van der Waals surface area contributed by atoms with Gasteiger partial charge in [-0.2, -0.15) is 0 Å². The average Bonchev–Trinajstić information content (AvgIpc) is 2.81. The zero-order valence-corrected chi connectivity index (χ0v) is 15.0. The smallest absolute Gasteiger partial charge is 0.250 e. The van der Waals surface area contributed by atoms with Crippen LogP contribution in [-0.2, 0) is 14.3 Å². The Morgan fingerprint density at radius 2 is 2.04 bits per heavy atom. The molecule has 0 aliphatic carbocycles. The molecule has 1 rings (SSSR count). The van der Waals surface area contributed by atoms with Crippen molar-refractivity contribution in [3.05, 3.63) is 24.1 Å². The summed E-state index contributed by atoms with van der Waals surface area (Å²) in [6, 6.07) is -0.652. The number of carbonyl (C=O) groups is 2. The first-order chi connectivity index (χ1) is 10.8. The summed E-state index contributed by atoms with van der Waals surface area (Å²) in [5.74, 6) is 0.847. The number of carbonyl (C=O) groups excluding carboxylic acids is 2. The van der Waals surface area contributed by atoms with E-state index < -0.39 is 6.04 Å². The van der Waals surface area contributed by atoms with Gasteiger partial charge in [-0.3, -0.25) is 9.59 Å². The van der Waals surface area contributed by atoms with E-state index in [1.807, 2.05) is 19.9 Å². The normalized spacial score (nSPS) is 18.9. The van der Waals surface area contributed by atoms with Crippen molar-refractivity contribution in [3.63, 3.8) is 0 Å². The Kier molecular flexibility index (Phi) is 7.33. The second kappa shape index (κ2) is 8.75. The van der Waals surface area contributed by atoms with E-state index in [-0.39, 0.29) is 17.9 Å². The summed E-state index contributed by atoms with van der Waals surface area (Å²) >= 11 is 0. The van der Waals surface area contributed by atoms with Gasteiger partial charge in [-0.05, 0) is 18.8 Å². The van der Waals surface area contributed by atoms with Gasteiger partial charge in [-0.25, -0.2) is 0 Å². The maximum atomic E-state index is 13.1. The fourth-order valence-electron chi connectivity index (χ4n) is 2.85. The first-order valence-corrected chi connectivity index (χ1v) is 8.42. The largest absolute Gasteiger partial charge is 0.499 e. The summed E-state index contributed by atoms with van der Waals surface area (Å²) in [5, 5.41) is 2.86. The molecular weight excluding hydrogens is 292 g/mol. The molecule has 1 aliphatic heterocycles. The third-order valence-electron chi connectivity index (χ3n) is 3.96. The lowest BCUT2D eigenvalue weighted by Gasteiger charge is -2.31. The fourth-order valence-corrected chi connectivity index (χ4v) is 2.85. The highest BCUT2D eigenvalue weighted by Crippen LogP contribution is 2.30. The number of hydrogen-bond donors (Lipinski definition) is 1. The van der Waals surface area contributed by atoms with E-state index >= 15 is 0 Å². The van der Waals surface area contributed by atoms with Crippen LogP contribution in [0.1, 0.15) is 53.4 Å². The molecule has 0 saturated carbocycles. The number of nitrogens with one attached hydrogen (secondary N) is 1. The summed E-state index contributed by atoms with van der Waals surface area (Å²) in [6.07, 6.45) is 4.52. The van der Waals surface area contributed by atoms with E-state index in [1.165, 1.54) is 0 Å². The van der Waals surface area contributed by atoms with E-state index in [0.717, 1.165) is 18.6 Å². The van der Waals surface area contributed by atoms with Crippen LogP contribution < -0.4 is 5.32 Å². The number of amides is 2. The highest BCUT2D eigenvalue weighted by Gasteiger charge is 2.37. The lowest BCUT2D eigenvalue weighted by Crippen LogP contribution is -2.50. The molecule has 2 atom stereocenters. The molecular formula is C18H30N2O3. The van der Waals surface area contributed by atoms with E-state index in [0.29, 0.717) is 24.5 Å². The van der Waals surface area contributed by atoms with E-state index in [1.54, 1.807) is 18.9 Å². The first-order valence-electron chi connectivity index (χ1n) is 8.42. The molecule has 1 aliphatic rings. The van der Waals surface area contributed by atoms with E-state index in [9.17, 15) is 9.59 Å². The van der Waals surface area contributed by atoms with Crippen molar-refractivity contribution in [1.29, 1.82) is 0 Å². The summed E-state index contributed by atoms with van der Waals surface area (Å²) in [7, 11) is 1.61. The third kappa shape index (κ3) is 4.85. The van der Waals surface area contributed by atoms with Crippen LogP contribution in [0.3, 0.4) is 0 Å². The molecule has 2 amide bonds. The predicted octanol–water partition coefficient (Wildman–Crippen LogP) is 2.98. The third-order valence-corrected chi connectivity index (χ3v) is 3.96. The van der Waals surface area contributed by atoms with Crippen LogP contribution in [-0.4, -0.2) is 35.9 Å². The Hall–Kier alpha value is -1.78. The molecule has 0 fully saturated rings. The summed E-state index contributed by atoms with van der Waals surface area (Å²) in [4.78, 5) is 26.5. The Labute approximate surface area is 139 Å². The molecule has 0 bridgehead atoms. The van der Waals surface area contributed by atoms with Crippen molar-refractivity contribution in [2.75, 3.05) is 7.11 Å². The maximum Gasteiger partial charge on any atom is 0.250 e. The van der Waals surface area contributed by atoms with Crippen molar-refractivity contribution in [3.8, 4) is 0 Å². The minimum atomic E-state index is -0.525. The van der Waals surface area contributed by atoms with Gasteiger partial charge in [0.15, 0.2) is 0 Å². The first kappa shape index (κ1) is 19.3. The van der Waals surface area contributed by atoms with Crippen molar-refractivity contribution < 1.29 is 14.3 Å². The molecule has 0 aromatic carbocycles. The molecule has 0 radical (unpaired) electrons. The number of allylic oxidation sites excluding steroid dienone is 1. The predicted molar refractivity (Wildman–Crippen MR) is 91.5 cm³/mol. The Bertz CT molecular complexity index is 483. The fraction of sp³-hybridized carbons (Fsp3) is 0.667. The zero-order chi connectivity index (χ0) is 17.6. The van der Waals surface area contributed by atoms with Gasteiger partial charge in [0, 0.05) is 18.2 Å². The number of nitrogens with zero attached hydrogens (tertiary/aromatic N) is 1. The lowest BCUT2D eigenvalue weighted by molar-refractivity contribution is -0.136. The average molecular weight is 322 g/mol. The lowest BCUT2D eigenvalue weighted by atomic mass is 10.0. The van der Waals surface area contributed by atoms with Crippen LogP contribution in [0.4, 0.5) is 0 Å². The number of rotatable bonds is 8. The van der Waals surface area contributed by atoms with Crippen LogP contribution in [0.5, 0.6) is 0 Å². The maximum absolute atomic E-state index is 13.1. The molecule has 5 nitrogen and oxygen atoms in total. The standard InChI is InChI=1S/C18H30N2O3/c1-7-9-15-16(23-6)11-13(5)20(15)18(22)14(10-12(3)4)19-17(21)8-2/h11-12,14-15H,5,7-10H2,1-4,6H3,(H,19,21)/t14-,15-/m0/s1. The number of hydrogen-bond acceptors (Lipinski definition) is 3. The quantitative estimate of drug-likeness (QED) is 0.747. The van der Waals surface area contributed by atoms with Gasteiger partial charge < -0.3 is 15.0 Å². The molecule has 0 saturated heterocycles. The Morgan fingerprint density at radius 1 is 1.39 bits per heavy atom. The molecule has 0 spiro atoms. The number of ether oxygens (including phenoxy) is 1. The van der Waals surface area contributed by atoms with E-state index in [2.05, 4.69) is 18.8 Å². The van der Waals surface area contributed by atoms with Gasteiger partial charge in [0.25, 0.3) is 0 Å². The number of methoxy groups -OCH3 is 1. The highest BCUT2D eigenvalue weighted by atomic mass is 16.5.